The largest absolute Gasteiger partial charge is 0.235 e. The fourth-order valence-electron chi connectivity index (χ4n) is 2.34. The van der Waals surface area contributed by atoms with Crippen molar-refractivity contribution in [2.24, 2.45) is 16.8 Å². The summed E-state index contributed by atoms with van der Waals surface area (Å²) in [5.41, 5.74) is 0. The third kappa shape index (κ3) is 1.75. The van der Waals surface area contributed by atoms with E-state index in [0.717, 1.165) is 24.7 Å². The van der Waals surface area contributed by atoms with Gasteiger partial charge < -0.3 is 0 Å². The van der Waals surface area contributed by atoms with Crippen molar-refractivity contribution in [1.29, 1.82) is 0 Å². The summed E-state index contributed by atoms with van der Waals surface area (Å²) in [5, 5.41) is 0. The van der Waals surface area contributed by atoms with Crippen LogP contribution in [0.4, 0.5) is 0 Å². The van der Waals surface area contributed by atoms with Gasteiger partial charge in [0.05, 0.1) is 6.04 Å². The molecule has 2 nitrogen and oxygen atoms in total. The molecule has 2 rings (SSSR count). The standard InChI is InChI=1S/C10H15NO/c12-7-11-10-5-3-9(4-6-10)8-1-2-8/h8-10H,1-6H2. The normalized spacial score (nSPS) is 35.7. The summed E-state index contributed by atoms with van der Waals surface area (Å²) in [7, 11) is 0. The van der Waals surface area contributed by atoms with Crippen molar-refractivity contribution in [2.75, 3.05) is 0 Å². The van der Waals surface area contributed by atoms with Crippen LogP contribution in [0.1, 0.15) is 38.5 Å². The lowest BCUT2D eigenvalue weighted by Crippen LogP contribution is -2.18. The predicted molar refractivity (Wildman–Crippen MR) is 46.6 cm³/mol. The van der Waals surface area contributed by atoms with Gasteiger partial charge in [-0.05, 0) is 50.4 Å². The Labute approximate surface area is 73.1 Å². The van der Waals surface area contributed by atoms with Crippen molar-refractivity contribution in [2.45, 2.75) is 44.6 Å². The zero-order valence-electron chi connectivity index (χ0n) is 7.33. The molecular formula is C10H15NO. The molecule has 0 amide bonds. The average Bonchev–Trinajstić information content (AvgIpc) is 2.89. The number of nitrogens with zero attached hydrogens (tertiary/aromatic N) is 1. The van der Waals surface area contributed by atoms with Gasteiger partial charge in [0.15, 0.2) is 0 Å². The van der Waals surface area contributed by atoms with Crippen LogP contribution in [0, 0.1) is 11.8 Å². The van der Waals surface area contributed by atoms with E-state index in [2.05, 4.69) is 4.99 Å². The van der Waals surface area contributed by atoms with Crippen molar-refractivity contribution in [3.05, 3.63) is 0 Å². The van der Waals surface area contributed by atoms with Crippen molar-refractivity contribution in [1.82, 2.24) is 0 Å². The molecule has 12 heavy (non-hydrogen) atoms. The topological polar surface area (TPSA) is 29.4 Å². The molecule has 2 saturated carbocycles. The molecule has 0 atom stereocenters. The maximum absolute atomic E-state index is 10.0. The van der Waals surface area contributed by atoms with E-state index in [0.29, 0.717) is 6.04 Å². The summed E-state index contributed by atoms with van der Waals surface area (Å²) in [4.78, 5) is 13.8. The molecular weight excluding hydrogens is 150 g/mol. The van der Waals surface area contributed by atoms with E-state index >= 15 is 0 Å². The first kappa shape index (κ1) is 8.00. The van der Waals surface area contributed by atoms with E-state index in [-0.39, 0.29) is 0 Å². The Morgan fingerprint density at radius 3 is 1.83 bits per heavy atom. The average molecular weight is 165 g/mol. The third-order valence-corrected chi connectivity index (χ3v) is 3.27. The smallest absolute Gasteiger partial charge is 0.211 e. The molecule has 0 aromatic rings. The Balaban J connectivity index is 1.79. The third-order valence-electron chi connectivity index (χ3n) is 3.27. The van der Waals surface area contributed by atoms with Gasteiger partial charge in [0.25, 0.3) is 0 Å². The molecule has 0 aromatic heterocycles. The summed E-state index contributed by atoms with van der Waals surface area (Å²) >= 11 is 0. The van der Waals surface area contributed by atoms with Crippen LogP contribution in [0.2, 0.25) is 0 Å². The maximum Gasteiger partial charge on any atom is 0.235 e. The fraction of sp³-hybridized carbons (Fsp3) is 0.900. The van der Waals surface area contributed by atoms with Gasteiger partial charge in [-0.15, -0.1) is 0 Å². The first-order valence-electron chi connectivity index (χ1n) is 4.97. The van der Waals surface area contributed by atoms with Gasteiger partial charge in [-0.2, -0.15) is 0 Å². The first-order valence-corrected chi connectivity index (χ1v) is 4.97. The molecule has 0 spiro atoms. The van der Waals surface area contributed by atoms with Crippen LogP contribution in [0.5, 0.6) is 0 Å². The molecule has 0 aromatic carbocycles. The zero-order chi connectivity index (χ0) is 8.39. The van der Waals surface area contributed by atoms with E-state index in [1.54, 1.807) is 6.08 Å². The number of hydrogen-bond donors (Lipinski definition) is 0. The molecule has 0 heterocycles. The highest BCUT2D eigenvalue weighted by atomic mass is 16.1. The van der Waals surface area contributed by atoms with Gasteiger partial charge in [0.2, 0.25) is 6.08 Å². The summed E-state index contributed by atoms with van der Waals surface area (Å²) < 4.78 is 0. The van der Waals surface area contributed by atoms with Gasteiger partial charge in [-0.1, -0.05) is 0 Å². The highest BCUT2D eigenvalue weighted by molar-refractivity contribution is 5.33. The van der Waals surface area contributed by atoms with Crippen LogP contribution in [0.15, 0.2) is 4.99 Å². The second-order valence-electron chi connectivity index (χ2n) is 4.13. The van der Waals surface area contributed by atoms with Gasteiger partial charge >= 0.3 is 0 Å². The van der Waals surface area contributed by atoms with E-state index < -0.39 is 0 Å². The summed E-state index contributed by atoms with van der Waals surface area (Å²) in [6.07, 6.45) is 9.40. The molecule has 0 unspecified atom stereocenters. The minimum atomic E-state index is 0.303. The lowest BCUT2D eigenvalue weighted by atomic mass is 9.83. The Hall–Kier alpha value is -0.620. The molecule has 66 valence electrons. The highest BCUT2D eigenvalue weighted by Crippen LogP contribution is 2.44. The monoisotopic (exact) mass is 165 g/mol. The lowest BCUT2D eigenvalue weighted by Gasteiger charge is -2.24. The van der Waals surface area contributed by atoms with Crippen LogP contribution >= 0.6 is 0 Å². The minimum Gasteiger partial charge on any atom is -0.211 e. The van der Waals surface area contributed by atoms with Crippen molar-refractivity contribution < 1.29 is 4.79 Å². The second-order valence-corrected chi connectivity index (χ2v) is 4.13. The molecule has 0 aliphatic heterocycles. The van der Waals surface area contributed by atoms with Gasteiger partial charge in [-0.25, -0.2) is 9.79 Å². The Kier molecular flexibility index (Phi) is 2.27. The van der Waals surface area contributed by atoms with Crippen LogP contribution in [0.25, 0.3) is 0 Å². The number of aliphatic imine (C=N–C) groups is 1. The summed E-state index contributed by atoms with van der Waals surface area (Å²) in [5.74, 6) is 1.99. The SMILES string of the molecule is O=C=NC1CCC(C2CC2)CC1. The first-order chi connectivity index (χ1) is 5.90. The molecule has 0 saturated heterocycles. The van der Waals surface area contributed by atoms with E-state index in [1.807, 2.05) is 0 Å². The van der Waals surface area contributed by atoms with Crippen molar-refractivity contribution in [3.8, 4) is 0 Å². The van der Waals surface area contributed by atoms with Crippen molar-refractivity contribution in [3.63, 3.8) is 0 Å². The zero-order valence-corrected chi connectivity index (χ0v) is 7.33. The predicted octanol–water partition coefficient (Wildman–Crippen LogP) is 2.29. The molecule has 2 fully saturated rings. The Morgan fingerprint density at radius 1 is 0.917 bits per heavy atom. The molecule has 2 heteroatoms. The Bertz CT molecular complexity index is 196. The van der Waals surface area contributed by atoms with E-state index in [1.165, 1.54) is 25.7 Å². The van der Waals surface area contributed by atoms with Crippen LogP contribution in [-0.4, -0.2) is 12.1 Å². The highest BCUT2D eigenvalue weighted by Gasteiger charge is 2.33. The van der Waals surface area contributed by atoms with E-state index in [4.69, 9.17) is 0 Å². The molecule has 0 bridgehead atoms. The minimum absolute atomic E-state index is 0.303. The Morgan fingerprint density at radius 2 is 1.42 bits per heavy atom. The van der Waals surface area contributed by atoms with Crippen LogP contribution in [-0.2, 0) is 4.79 Å². The van der Waals surface area contributed by atoms with Gasteiger partial charge in [-0.3, -0.25) is 0 Å². The lowest BCUT2D eigenvalue weighted by molar-refractivity contribution is 0.297. The number of hydrogen-bond acceptors (Lipinski definition) is 2. The quantitative estimate of drug-likeness (QED) is 0.456. The molecule has 2 aliphatic rings. The van der Waals surface area contributed by atoms with Crippen LogP contribution < -0.4 is 0 Å². The van der Waals surface area contributed by atoms with Gasteiger partial charge in [0.1, 0.15) is 0 Å². The number of isocyanates is 1. The van der Waals surface area contributed by atoms with Crippen molar-refractivity contribution >= 4 is 6.08 Å². The molecule has 2 aliphatic carbocycles. The fourth-order valence-corrected chi connectivity index (χ4v) is 2.34. The second kappa shape index (κ2) is 3.40. The molecule has 0 radical (unpaired) electrons. The molecule has 0 N–H and O–H groups in total. The van der Waals surface area contributed by atoms with Gasteiger partial charge in [0, 0.05) is 0 Å². The summed E-state index contributed by atoms with van der Waals surface area (Å²) in [6, 6.07) is 0.303. The number of rotatable bonds is 2. The number of carbonyl (C=O) groups excluding carboxylic acids is 1. The van der Waals surface area contributed by atoms with E-state index in [9.17, 15) is 4.79 Å². The maximum atomic E-state index is 10.0. The van der Waals surface area contributed by atoms with Crippen LogP contribution in [0.3, 0.4) is 0 Å². The summed E-state index contributed by atoms with van der Waals surface area (Å²) in [6.45, 7) is 0.